The molecule has 0 saturated carbocycles. The van der Waals surface area contributed by atoms with Crippen molar-refractivity contribution < 1.29 is 9.47 Å². The predicted molar refractivity (Wildman–Crippen MR) is 95.0 cm³/mol. The van der Waals surface area contributed by atoms with Gasteiger partial charge < -0.3 is 9.47 Å². The SMILES string of the molecule is CCc1cc(OCCCCl)c2ccccc2c1OCCCCl. The molecule has 0 atom stereocenters. The molecule has 0 spiro atoms. The van der Waals surface area contributed by atoms with Gasteiger partial charge in [-0.15, -0.1) is 23.2 Å². The van der Waals surface area contributed by atoms with E-state index in [1.54, 1.807) is 0 Å². The number of fused-ring (bicyclic) bond motifs is 1. The van der Waals surface area contributed by atoms with Gasteiger partial charge in [-0.05, 0) is 30.9 Å². The fourth-order valence-electron chi connectivity index (χ4n) is 2.39. The molecule has 0 radical (unpaired) electrons. The first-order chi connectivity index (χ1) is 10.8. The Kier molecular flexibility index (Phi) is 7.14. The summed E-state index contributed by atoms with van der Waals surface area (Å²) >= 11 is 11.5. The van der Waals surface area contributed by atoms with Gasteiger partial charge in [0.2, 0.25) is 0 Å². The number of hydrogen-bond acceptors (Lipinski definition) is 2. The Morgan fingerprint density at radius 1 is 0.909 bits per heavy atom. The van der Waals surface area contributed by atoms with Crippen molar-refractivity contribution in [1.29, 1.82) is 0 Å². The molecule has 2 aromatic carbocycles. The summed E-state index contributed by atoms with van der Waals surface area (Å²) in [5, 5.41) is 2.17. The van der Waals surface area contributed by atoms with E-state index >= 15 is 0 Å². The first kappa shape index (κ1) is 17.2. The van der Waals surface area contributed by atoms with Gasteiger partial charge in [-0.25, -0.2) is 0 Å². The van der Waals surface area contributed by atoms with E-state index in [-0.39, 0.29) is 0 Å². The standard InChI is InChI=1S/C18H22Cl2O2/c1-2-14-13-17(21-11-5-9-19)15-7-3-4-8-16(15)18(14)22-12-6-10-20/h3-4,7-8,13H,2,5-6,9-12H2,1H3. The Labute approximate surface area is 142 Å². The second-order valence-electron chi connectivity index (χ2n) is 5.04. The first-order valence-corrected chi connectivity index (χ1v) is 8.80. The van der Waals surface area contributed by atoms with Crippen LogP contribution in [0.25, 0.3) is 10.8 Å². The monoisotopic (exact) mass is 340 g/mol. The molecule has 0 heterocycles. The maximum Gasteiger partial charge on any atom is 0.130 e. The average Bonchev–Trinajstić information content (AvgIpc) is 2.56. The summed E-state index contributed by atoms with van der Waals surface area (Å²) < 4.78 is 11.9. The first-order valence-electron chi connectivity index (χ1n) is 7.74. The number of benzene rings is 2. The van der Waals surface area contributed by atoms with Gasteiger partial charge in [0.15, 0.2) is 0 Å². The number of rotatable bonds is 9. The maximum atomic E-state index is 6.00. The molecule has 0 unspecified atom stereocenters. The molecule has 2 nitrogen and oxygen atoms in total. The number of halogens is 2. The van der Waals surface area contributed by atoms with Gasteiger partial charge >= 0.3 is 0 Å². The van der Waals surface area contributed by atoms with E-state index in [1.807, 2.05) is 12.1 Å². The smallest absolute Gasteiger partial charge is 0.130 e. The summed E-state index contributed by atoms with van der Waals surface area (Å²) in [7, 11) is 0. The van der Waals surface area contributed by atoms with E-state index in [9.17, 15) is 0 Å². The van der Waals surface area contributed by atoms with Crippen LogP contribution in [0.4, 0.5) is 0 Å². The van der Waals surface area contributed by atoms with Crippen molar-refractivity contribution in [2.75, 3.05) is 25.0 Å². The fraction of sp³-hybridized carbons (Fsp3) is 0.444. The number of ether oxygens (including phenoxy) is 2. The van der Waals surface area contributed by atoms with Gasteiger partial charge in [0.05, 0.1) is 13.2 Å². The van der Waals surface area contributed by atoms with Crippen molar-refractivity contribution in [2.45, 2.75) is 26.2 Å². The van der Waals surface area contributed by atoms with Crippen LogP contribution >= 0.6 is 23.2 Å². The van der Waals surface area contributed by atoms with Gasteiger partial charge in [-0.2, -0.15) is 0 Å². The van der Waals surface area contributed by atoms with Crippen molar-refractivity contribution in [2.24, 2.45) is 0 Å². The van der Waals surface area contributed by atoms with Crippen LogP contribution in [0.3, 0.4) is 0 Å². The van der Waals surface area contributed by atoms with Gasteiger partial charge in [0.25, 0.3) is 0 Å². The fourth-order valence-corrected chi connectivity index (χ4v) is 2.61. The van der Waals surface area contributed by atoms with Crippen molar-refractivity contribution >= 4 is 34.0 Å². The summed E-state index contributed by atoms with van der Waals surface area (Å²) in [4.78, 5) is 0. The lowest BCUT2D eigenvalue weighted by Crippen LogP contribution is -2.04. The topological polar surface area (TPSA) is 18.5 Å². The number of hydrogen-bond donors (Lipinski definition) is 0. The van der Waals surface area contributed by atoms with E-state index in [2.05, 4.69) is 25.1 Å². The molecule has 0 amide bonds. The average molecular weight is 341 g/mol. The Balaban J connectivity index is 2.39. The van der Waals surface area contributed by atoms with Crippen molar-refractivity contribution in [1.82, 2.24) is 0 Å². The zero-order chi connectivity index (χ0) is 15.8. The van der Waals surface area contributed by atoms with Gasteiger partial charge in [0.1, 0.15) is 11.5 Å². The molecule has 0 bridgehead atoms. The summed E-state index contributed by atoms with van der Waals surface area (Å²) in [6, 6.07) is 10.3. The second-order valence-corrected chi connectivity index (χ2v) is 5.80. The van der Waals surface area contributed by atoms with E-state index in [1.165, 1.54) is 0 Å². The van der Waals surface area contributed by atoms with E-state index in [0.29, 0.717) is 25.0 Å². The van der Waals surface area contributed by atoms with Crippen LogP contribution in [0.1, 0.15) is 25.3 Å². The highest BCUT2D eigenvalue weighted by Gasteiger charge is 2.13. The third kappa shape index (κ3) is 4.21. The lowest BCUT2D eigenvalue weighted by Gasteiger charge is -2.17. The highest BCUT2D eigenvalue weighted by molar-refractivity contribution is 6.18. The lowest BCUT2D eigenvalue weighted by atomic mass is 10.0. The zero-order valence-corrected chi connectivity index (χ0v) is 14.4. The highest BCUT2D eigenvalue weighted by Crippen LogP contribution is 2.37. The van der Waals surface area contributed by atoms with Crippen LogP contribution in [-0.4, -0.2) is 25.0 Å². The van der Waals surface area contributed by atoms with Crippen LogP contribution in [0.5, 0.6) is 11.5 Å². The minimum Gasteiger partial charge on any atom is -0.493 e. The summed E-state index contributed by atoms with van der Waals surface area (Å²) in [6.07, 6.45) is 2.57. The molecular formula is C18H22Cl2O2. The van der Waals surface area contributed by atoms with E-state index in [4.69, 9.17) is 32.7 Å². The molecule has 4 heteroatoms. The molecule has 2 aromatic rings. The van der Waals surface area contributed by atoms with Crippen LogP contribution in [-0.2, 0) is 6.42 Å². The third-order valence-corrected chi connectivity index (χ3v) is 4.01. The third-order valence-electron chi connectivity index (χ3n) is 3.47. The second kappa shape index (κ2) is 9.12. The van der Waals surface area contributed by atoms with Crippen molar-refractivity contribution in [3.05, 3.63) is 35.9 Å². The molecule has 2 rings (SSSR count). The van der Waals surface area contributed by atoms with Gasteiger partial charge in [-0.3, -0.25) is 0 Å². The Hall–Kier alpha value is -1.12. The quantitative estimate of drug-likeness (QED) is 0.448. The van der Waals surface area contributed by atoms with E-state index in [0.717, 1.165) is 47.1 Å². The largest absolute Gasteiger partial charge is 0.493 e. The van der Waals surface area contributed by atoms with Crippen LogP contribution in [0.15, 0.2) is 30.3 Å². The minimum atomic E-state index is 0.609. The Morgan fingerprint density at radius 3 is 2.18 bits per heavy atom. The number of aryl methyl sites for hydroxylation is 1. The molecule has 120 valence electrons. The molecule has 0 fully saturated rings. The van der Waals surface area contributed by atoms with E-state index < -0.39 is 0 Å². The summed E-state index contributed by atoms with van der Waals surface area (Å²) in [6.45, 7) is 3.39. The van der Waals surface area contributed by atoms with Crippen LogP contribution < -0.4 is 9.47 Å². The van der Waals surface area contributed by atoms with Crippen molar-refractivity contribution in [3.63, 3.8) is 0 Å². The predicted octanol–water partition coefficient (Wildman–Crippen LogP) is 5.42. The number of alkyl halides is 2. The van der Waals surface area contributed by atoms with Gasteiger partial charge in [0, 0.05) is 22.5 Å². The van der Waals surface area contributed by atoms with Crippen LogP contribution in [0.2, 0.25) is 0 Å². The minimum absolute atomic E-state index is 0.609. The normalized spacial score (nSPS) is 10.9. The highest BCUT2D eigenvalue weighted by atomic mass is 35.5. The molecule has 0 aliphatic carbocycles. The Bertz CT molecular complexity index is 599. The Morgan fingerprint density at radius 2 is 1.55 bits per heavy atom. The molecule has 22 heavy (non-hydrogen) atoms. The molecule has 0 aromatic heterocycles. The lowest BCUT2D eigenvalue weighted by molar-refractivity contribution is 0.312. The molecule has 0 saturated heterocycles. The molecule has 0 aliphatic heterocycles. The molecular weight excluding hydrogens is 319 g/mol. The summed E-state index contributed by atoms with van der Waals surface area (Å²) in [5.41, 5.74) is 1.16. The summed E-state index contributed by atoms with van der Waals surface area (Å²) in [5.74, 6) is 3.08. The maximum absolute atomic E-state index is 6.00. The van der Waals surface area contributed by atoms with Crippen LogP contribution in [0, 0.1) is 0 Å². The van der Waals surface area contributed by atoms with Crippen molar-refractivity contribution in [3.8, 4) is 11.5 Å². The van der Waals surface area contributed by atoms with Gasteiger partial charge in [-0.1, -0.05) is 31.2 Å². The molecule has 0 N–H and O–H groups in total. The zero-order valence-electron chi connectivity index (χ0n) is 12.9. The molecule has 0 aliphatic rings.